The second kappa shape index (κ2) is 8.83. The molecule has 152 valence electrons. The van der Waals surface area contributed by atoms with Gasteiger partial charge in [0.2, 0.25) is 5.91 Å². The van der Waals surface area contributed by atoms with Crippen molar-refractivity contribution in [2.75, 3.05) is 17.7 Å². The maximum absolute atomic E-state index is 13.1. The van der Waals surface area contributed by atoms with Gasteiger partial charge >= 0.3 is 0 Å². The molecule has 29 heavy (non-hydrogen) atoms. The summed E-state index contributed by atoms with van der Waals surface area (Å²) in [5.41, 5.74) is 8.47. The van der Waals surface area contributed by atoms with E-state index < -0.39 is 6.04 Å². The molecule has 1 aromatic carbocycles. The van der Waals surface area contributed by atoms with E-state index in [1.165, 1.54) is 12.1 Å². The molecule has 2 heterocycles. The van der Waals surface area contributed by atoms with Crippen LogP contribution in [-0.2, 0) is 11.2 Å². The molecule has 0 fully saturated rings. The first-order valence-corrected chi connectivity index (χ1v) is 9.42. The molecule has 0 saturated heterocycles. The quantitative estimate of drug-likeness (QED) is 0.570. The van der Waals surface area contributed by atoms with Crippen molar-refractivity contribution in [2.45, 2.75) is 32.4 Å². The number of benzene rings is 1. The first-order valence-electron chi connectivity index (χ1n) is 9.42. The molecule has 2 aromatic heterocycles. The fourth-order valence-electron chi connectivity index (χ4n) is 2.94. The summed E-state index contributed by atoms with van der Waals surface area (Å²) in [5.74, 6) is 0.650. The molecule has 8 heteroatoms. The topological polar surface area (TPSA) is 97.9 Å². The lowest BCUT2D eigenvalue weighted by Crippen LogP contribution is -2.38. The molecule has 0 aliphatic heterocycles. The Balaban J connectivity index is 1.79. The largest absolute Gasteiger partial charge is 0.373 e. The van der Waals surface area contributed by atoms with Crippen LogP contribution in [0.3, 0.4) is 0 Å². The second-order valence-corrected chi connectivity index (χ2v) is 7.06. The third-order valence-electron chi connectivity index (χ3n) is 4.49. The van der Waals surface area contributed by atoms with Crippen LogP contribution in [0.5, 0.6) is 0 Å². The van der Waals surface area contributed by atoms with Gasteiger partial charge in [0.25, 0.3) is 0 Å². The number of carbonyl (C=O) groups is 1. The van der Waals surface area contributed by atoms with E-state index in [1.54, 1.807) is 30.1 Å². The standard InChI is InChI=1S/C21H25FN6O/c1-13(2)28-20(12-18(27-28)15-8-9-25-19(11-15)24-3)26-21(29)17(23)10-14-4-6-16(22)7-5-14/h4-9,11-13,17H,10,23H2,1-3H3,(H,24,25)(H,26,29). The molecule has 0 spiro atoms. The highest BCUT2D eigenvalue weighted by atomic mass is 19.1. The summed E-state index contributed by atoms with van der Waals surface area (Å²) >= 11 is 0. The number of nitrogens with one attached hydrogen (secondary N) is 2. The lowest BCUT2D eigenvalue weighted by atomic mass is 10.1. The average Bonchev–Trinajstić information content (AvgIpc) is 3.14. The second-order valence-electron chi connectivity index (χ2n) is 7.06. The molecule has 1 unspecified atom stereocenters. The minimum atomic E-state index is -0.767. The molecule has 0 aliphatic carbocycles. The van der Waals surface area contributed by atoms with Crippen LogP contribution in [0.1, 0.15) is 25.5 Å². The lowest BCUT2D eigenvalue weighted by molar-refractivity contribution is -0.117. The van der Waals surface area contributed by atoms with Crippen molar-refractivity contribution in [1.82, 2.24) is 14.8 Å². The highest BCUT2D eigenvalue weighted by Crippen LogP contribution is 2.25. The minimum absolute atomic E-state index is 0.0398. The van der Waals surface area contributed by atoms with Gasteiger partial charge in [-0.05, 0) is 50.1 Å². The smallest absolute Gasteiger partial charge is 0.242 e. The number of pyridine rings is 1. The third kappa shape index (κ3) is 4.97. The van der Waals surface area contributed by atoms with Crippen molar-refractivity contribution in [2.24, 2.45) is 5.73 Å². The van der Waals surface area contributed by atoms with Crippen LogP contribution in [0.2, 0.25) is 0 Å². The number of nitrogens with two attached hydrogens (primary N) is 1. The van der Waals surface area contributed by atoms with E-state index in [9.17, 15) is 9.18 Å². The highest BCUT2D eigenvalue weighted by molar-refractivity contribution is 5.94. The van der Waals surface area contributed by atoms with Crippen LogP contribution in [0.4, 0.5) is 16.0 Å². The number of aromatic nitrogens is 3. The van der Waals surface area contributed by atoms with Gasteiger partial charge in [0.15, 0.2) is 0 Å². The summed E-state index contributed by atoms with van der Waals surface area (Å²) in [6, 6.07) is 10.8. The van der Waals surface area contributed by atoms with Crippen LogP contribution in [-0.4, -0.2) is 33.8 Å². The molecular weight excluding hydrogens is 371 g/mol. The molecule has 0 bridgehead atoms. The van der Waals surface area contributed by atoms with Crippen LogP contribution < -0.4 is 16.4 Å². The highest BCUT2D eigenvalue weighted by Gasteiger charge is 2.19. The van der Waals surface area contributed by atoms with Gasteiger partial charge in [0, 0.05) is 30.9 Å². The van der Waals surface area contributed by atoms with E-state index >= 15 is 0 Å². The summed E-state index contributed by atoms with van der Waals surface area (Å²) in [6.07, 6.45) is 2.01. The Morgan fingerprint density at radius 1 is 1.21 bits per heavy atom. The number of halogens is 1. The average molecular weight is 396 g/mol. The zero-order valence-corrected chi connectivity index (χ0v) is 16.7. The van der Waals surface area contributed by atoms with Crippen LogP contribution in [0, 0.1) is 5.82 Å². The number of hydrogen-bond acceptors (Lipinski definition) is 5. The van der Waals surface area contributed by atoms with Gasteiger partial charge in [0.1, 0.15) is 17.5 Å². The Bertz CT molecular complexity index is 983. The normalized spacial score (nSPS) is 12.1. The van der Waals surface area contributed by atoms with Gasteiger partial charge in [-0.1, -0.05) is 12.1 Å². The summed E-state index contributed by atoms with van der Waals surface area (Å²) in [5, 5.41) is 10.5. The van der Waals surface area contributed by atoms with Gasteiger partial charge < -0.3 is 16.4 Å². The predicted molar refractivity (Wildman–Crippen MR) is 112 cm³/mol. The Labute approximate surface area is 169 Å². The van der Waals surface area contributed by atoms with E-state index in [2.05, 4.69) is 20.7 Å². The fraction of sp³-hybridized carbons (Fsp3) is 0.286. The maximum Gasteiger partial charge on any atom is 0.242 e. The van der Waals surface area contributed by atoms with Crippen LogP contribution >= 0.6 is 0 Å². The lowest BCUT2D eigenvalue weighted by Gasteiger charge is -2.15. The predicted octanol–water partition coefficient (Wildman–Crippen LogP) is 3.22. The summed E-state index contributed by atoms with van der Waals surface area (Å²) in [7, 11) is 1.80. The van der Waals surface area contributed by atoms with Crippen LogP contribution in [0.15, 0.2) is 48.7 Å². The van der Waals surface area contributed by atoms with E-state index in [-0.39, 0.29) is 17.8 Å². The van der Waals surface area contributed by atoms with Gasteiger partial charge in [-0.2, -0.15) is 5.10 Å². The number of carbonyl (C=O) groups excluding carboxylic acids is 1. The van der Waals surface area contributed by atoms with E-state index in [0.29, 0.717) is 12.2 Å². The Morgan fingerprint density at radius 2 is 1.93 bits per heavy atom. The molecular formula is C21H25FN6O. The van der Waals surface area contributed by atoms with Gasteiger partial charge in [-0.3, -0.25) is 4.79 Å². The summed E-state index contributed by atoms with van der Waals surface area (Å²) in [4.78, 5) is 16.8. The van der Waals surface area contributed by atoms with E-state index in [1.807, 2.05) is 32.0 Å². The van der Waals surface area contributed by atoms with Gasteiger partial charge in [-0.25, -0.2) is 14.1 Å². The zero-order valence-electron chi connectivity index (χ0n) is 16.7. The van der Waals surface area contributed by atoms with Crippen molar-refractivity contribution < 1.29 is 9.18 Å². The van der Waals surface area contributed by atoms with Crippen molar-refractivity contribution in [3.8, 4) is 11.3 Å². The molecule has 0 saturated carbocycles. The Morgan fingerprint density at radius 3 is 2.59 bits per heavy atom. The van der Waals surface area contributed by atoms with Gasteiger partial charge in [-0.15, -0.1) is 0 Å². The number of rotatable bonds is 7. The Hall–Kier alpha value is -3.26. The Kier molecular flexibility index (Phi) is 6.23. The molecule has 3 aromatic rings. The number of anilines is 2. The fourth-order valence-corrected chi connectivity index (χ4v) is 2.94. The first-order chi connectivity index (χ1) is 13.9. The SMILES string of the molecule is CNc1cc(-c2cc(NC(=O)C(N)Cc3ccc(F)cc3)n(C(C)C)n2)ccn1. The summed E-state index contributed by atoms with van der Waals surface area (Å²) in [6.45, 7) is 3.97. The maximum atomic E-state index is 13.1. The molecule has 1 amide bonds. The molecule has 7 nitrogen and oxygen atoms in total. The van der Waals surface area contributed by atoms with E-state index in [0.717, 1.165) is 22.6 Å². The number of amides is 1. The van der Waals surface area contributed by atoms with Crippen molar-refractivity contribution in [3.05, 3.63) is 60.0 Å². The van der Waals surface area contributed by atoms with Crippen molar-refractivity contribution >= 4 is 17.5 Å². The summed E-state index contributed by atoms with van der Waals surface area (Å²) < 4.78 is 14.8. The third-order valence-corrected chi connectivity index (χ3v) is 4.49. The number of hydrogen-bond donors (Lipinski definition) is 3. The van der Waals surface area contributed by atoms with Crippen LogP contribution in [0.25, 0.3) is 11.3 Å². The molecule has 0 aliphatic rings. The molecule has 1 atom stereocenters. The molecule has 3 rings (SSSR count). The molecule has 4 N–H and O–H groups in total. The van der Waals surface area contributed by atoms with Crippen molar-refractivity contribution in [3.63, 3.8) is 0 Å². The molecule has 0 radical (unpaired) electrons. The number of nitrogens with zero attached hydrogens (tertiary/aromatic N) is 3. The monoisotopic (exact) mass is 396 g/mol. The zero-order chi connectivity index (χ0) is 21.0. The van der Waals surface area contributed by atoms with E-state index in [4.69, 9.17) is 5.73 Å². The minimum Gasteiger partial charge on any atom is -0.373 e. The van der Waals surface area contributed by atoms with Crippen molar-refractivity contribution in [1.29, 1.82) is 0 Å². The van der Waals surface area contributed by atoms with Gasteiger partial charge in [0.05, 0.1) is 11.7 Å². The first kappa shape index (κ1) is 20.5.